The van der Waals surface area contributed by atoms with Gasteiger partial charge in [-0.15, -0.1) is 11.8 Å². The molecule has 1 aliphatic rings. The SMILES string of the molecule is COC(=O)c1cccc(CSc2ccc(C(=O)NC3CC3)cn2)c1. The summed E-state index contributed by atoms with van der Waals surface area (Å²) in [5, 5.41) is 3.77. The zero-order valence-electron chi connectivity index (χ0n) is 13.3. The fourth-order valence-corrected chi connectivity index (χ4v) is 2.95. The standard InChI is InChI=1S/C18H18N2O3S/c1-23-18(22)13-4-2-3-12(9-13)11-24-16-8-5-14(10-19-16)17(21)20-15-6-7-15/h2-5,8-10,15H,6-7,11H2,1H3,(H,20,21). The molecule has 0 radical (unpaired) electrons. The topological polar surface area (TPSA) is 68.3 Å². The zero-order valence-corrected chi connectivity index (χ0v) is 14.1. The summed E-state index contributed by atoms with van der Waals surface area (Å²) < 4.78 is 4.73. The fourth-order valence-electron chi connectivity index (χ4n) is 2.16. The van der Waals surface area contributed by atoms with Gasteiger partial charge in [0, 0.05) is 18.0 Å². The van der Waals surface area contributed by atoms with Crippen LogP contribution >= 0.6 is 11.8 Å². The minimum atomic E-state index is -0.342. The summed E-state index contributed by atoms with van der Waals surface area (Å²) in [7, 11) is 1.37. The molecule has 1 aliphatic carbocycles. The molecule has 0 aliphatic heterocycles. The van der Waals surface area contributed by atoms with Crippen LogP contribution in [0.4, 0.5) is 0 Å². The van der Waals surface area contributed by atoms with Crippen molar-refractivity contribution in [3.05, 3.63) is 59.3 Å². The first-order valence-corrected chi connectivity index (χ1v) is 8.71. The second kappa shape index (κ2) is 7.49. The van der Waals surface area contributed by atoms with E-state index in [1.807, 2.05) is 24.3 Å². The number of benzene rings is 1. The van der Waals surface area contributed by atoms with Gasteiger partial charge in [0.25, 0.3) is 5.91 Å². The Morgan fingerprint density at radius 1 is 1.25 bits per heavy atom. The van der Waals surface area contributed by atoms with Crippen LogP contribution in [0, 0.1) is 0 Å². The summed E-state index contributed by atoms with van der Waals surface area (Å²) in [6.45, 7) is 0. The molecule has 24 heavy (non-hydrogen) atoms. The van der Waals surface area contributed by atoms with Crippen LogP contribution in [0.5, 0.6) is 0 Å². The molecule has 6 heteroatoms. The number of esters is 1. The Bertz CT molecular complexity index is 742. The Morgan fingerprint density at radius 3 is 2.75 bits per heavy atom. The van der Waals surface area contributed by atoms with E-state index in [2.05, 4.69) is 10.3 Å². The van der Waals surface area contributed by atoms with E-state index in [1.165, 1.54) is 7.11 Å². The predicted molar refractivity (Wildman–Crippen MR) is 92.1 cm³/mol. The van der Waals surface area contributed by atoms with Gasteiger partial charge >= 0.3 is 5.97 Å². The number of amides is 1. The molecule has 1 heterocycles. The monoisotopic (exact) mass is 342 g/mol. The second-order valence-corrected chi connectivity index (χ2v) is 6.61. The third-order valence-corrected chi connectivity index (χ3v) is 4.66. The van der Waals surface area contributed by atoms with Gasteiger partial charge in [-0.3, -0.25) is 4.79 Å². The van der Waals surface area contributed by atoms with Crippen molar-refractivity contribution in [3.63, 3.8) is 0 Å². The Balaban J connectivity index is 1.58. The molecule has 1 amide bonds. The van der Waals surface area contributed by atoms with Crippen molar-refractivity contribution >= 4 is 23.6 Å². The highest BCUT2D eigenvalue weighted by Gasteiger charge is 2.23. The van der Waals surface area contributed by atoms with Gasteiger partial charge in [0.05, 0.1) is 23.3 Å². The van der Waals surface area contributed by atoms with Crippen LogP contribution in [0.1, 0.15) is 39.1 Å². The average molecular weight is 342 g/mol. The predicted octanol–water partition coefficient (Wildman–Crippen LogP) is 3.05. The maximum absolute atomic E-state index is 11.9. The van der Waals surface area contributed by atoms with Crippen LogP contribution in [0.25, 0.3) is 0 Å². The third-order valence-electron chi connectivity index (χ3n) is 3.65. The third kappa shape index (κ3) is 4.35. The van der Waals surface area contributed by atoms with Crippen molar-refractivity contribution in [1.82, 2.24) is 10.3 Å². The lowest BCUT2D eigenvalue weighted by atomic mass is 10.1. The maximum atomic E-state index is 11.9. The van der Waals surface area contributed by atoms with E-state index in [-0.39, 0.29) is 11.9 Å². The number of pyridine rings is 1. The molecule has 0 unspecified atom stereocenters. The van der Waals surface area contributed by atoms with Crippen molar-refractivity contribution in [2.24, 2.45) is 0 Å². The van der Waals surface area contributed by atoms with E-state index in [4.69, 9.17) is 4.74 Å². The summed E-state index contributed by atoms with van der Waals surface area (Å²) in [4.78, 5) is 27.8. The van der Waals surface area contributed by atoms with Crippen LogP contribution in [0.2, 0.25) is 0 Å². The van der Waals surface area contributed by atoms with Crippen molar-refractivity contribution in [3.8, 4) is 0 Å². The van der Waals surface area contributed by atoms with Gasteiger partial charge < -0.3 is 10.1 Å². The number of hydrogen-bond donors (Lipinski definition) is 1. The summed E-state index contributed by atoms with van der Waals surface area (Å²) in [5.41, 5.74) is 2.13. The van der Waals surface area contributed by atoms with Crippen LogP contribution in [0.15, 0.2) is 47.6 Å². The van der Waals surface area contributed by atoms with E-state index in [0.717, 1.165) is 23.4 Å². The summed E-state index contributed by atoms with van der Waals surface area (Å²) >= 11 is 1.55. The maximum Gasteiger partial charge on any atom is 0.337 e. The minimum Gasteiger partial charge on any atom is -0.465 e. The molecule has 5 nitrogen and oxygen atoms in total. The molecule has 0 bridgehead atoms. The first-order valence-electron chi connectivity index (χ1n) is 7.72. The molecule has 1 fully saturated rings. The van der Waals surface area contributed by atoms with E-state index in [0.29, 0.717) is 22.9 Å². The smallest absolute Gasteiger partial charge is 0.337 e. The first kappa shape index (κ1) is 16.5. The van der Waals surface area contributed by atoms with Crippen LogP contribution < -0.4 is 5.32 Å². The number of carbonyl (C=O) groups is 2. The highest BCUT2D eigenvalue weighted by Crippen LogP contribution is 2.22. The van der Waals surface area contributed by atoms with Gasteiger partial charge in [0.15, 0.2) is 0 Å². The van der Waals surface area contributed by atoms with Crippen LogP contribution in [0.3, 0.4) is 0 Å². The van der Waals surface area contributed by atoms with E-state index < -0.39 is 0 Å². The van der Waals surface area contributed by atoms with Crippen molar-refractivity contribution in [1.29, 1.82) is 0 Å². The number of hydrogen-bond acceptors (Lipinski definition) is 5. The van der Waals surface area contributed by atoms with Crippen molar-refractivity contribution < 1.29 is 14.3 Å². The molecule has 1 aromatic heterocycles. The number of aromatic nitrogens is 1. The number of nitrogens with zero attached hydrogens (tertiary/aromatic N) is 1. The van der Waals surface area contributed by atoms with Gasteiger partial charge in [-0.05, 0) is 42.7 Å². The number of methoxy groups -OCH3 is 1. The number of thioether (sulfide) groups is 1. The van der Waals surface area contributed by atoms with Gasteiger partial charge in [0.2, 0.25) is 0 Å². The molecule has 3 rings (SSSR count). The Kier molecular flexibility index (Phi) is 5.15. The summed E-state index contributed by atoms with van der Waals surface area (Å²) in [5.74, 6) is 0.282. The molecule has 1 aromatic carbocycles. The fraction of sp³-hybridized carbons (Fsp3) is 0.278. The minimum absolute atomic E-state index is 0.0627. The lowest BCUT2D eigenvalue weighted by molar-refractivity contribution is 0.0600. The molecule has 124 valence electrons. The first-order chi connectivity index (χ1) is 11.7. The van der Waals surface area contributed by atoms with Gasteiger partial charge in [-0.25, -0.2) is 9.78 Å². The second-order valence-electron chi connectivity index (χ2n) is 5.61. The van der Waals surface area contributed by atoms with E-state index >= 15 is 0 Å². The van der Waals surface area contributed by atoms with Crippen LogP contribution in [-0.4, -0.2) is 30.0 Å². The van der Waals surface area contributed by atoms with E-state index in [1.54, 1.807) is 30.1 Å². The molecule has 1 saturated carbocycles. The molecular formula is C18H18N2O3S. The Morgan fingerprint density at radius 2 is 2.08 bits per heavy atom. The number of carbonyl (C=O) groups excluding carboxylic acids is 2. The molecule has 0 spiro atoms. The lowest BCUT2D eigenvalue weighted by Crippen LogP contribution is -2.25. The van der Waals surface area contributed by atoms with E-state index in [9.17, 15) is 9.59 Å². The molecular weight excluding hydrogens is 324 g/mol. The van der Waals surface area contributed by atoms with Crippen LogP contribution in [-0.2, 0) is 10.5 Å². The van der Waals surface area contributed by atoms with Gasteiger partial charge in [-0.1, -0.05) is 12.1 Å². The molecule has 0 saturated heterocycles. The number of rotatable bonds is 6. The van der Waals surface area contributed by atoms with Crippen molar-refractivity contribution in [2.45, 2.75) is 29.7 Å². The summed E-state index contributed by atoms with van der Waals surface area (Å²) in [6.07, 6.45) is 3.74. The lowest BCUT2D eigenvalue weighted by Gasteiger charge is -2.06. The highest BCUT2D eigenvalue weighted by atomic mass is 32.2. The Labute approximate surface area is 144 Å². The normalized spacial score (nSPS) is 13.4. The Hall–Kier alpha value is -2.34. The zero-order chi connectivity index (χ0) is 16.9. The van der Waals surface area contributed by atoms with Crippen molar-refractivity contribution in [2.75, 3.05) is 7.11 Å². The average Bonchev–Trinajstić information content (AvgIpc) is 3.44. The number of nitrogens with one attached hydrogen (secondary N) is 1. The summed E-state index contributed by atoms with van der Waals surface area (Å²) in [6, 6.07) is 11.3. The quantitative estimate of drug-likeness (QED) is 0.645. The van der Waals surface area contributed by atoms with Gasteiger partial charge in [0.1, 0.15) is 0 Å². The number of ether oxygens (including phenoxy) is 1. The molecule has 1 N–H and O–H groups in total. The molecule has 2 aromatic rings. The largest absolute Gasteiger partial charge is 0.465 e. The van der Waals surface area contributed by atoms with Gasteiger partial charge in [-0.2, -0.15) is 0 Å². The highest BCUT2D eigenvalue weighted by molar-refractivity contribution is 7.98. The molecule has 0 atom stereocenters.